The highest BCUT2D eigenvalue weighted by atomic mass is 19.1. The van der Waals surface area contributed by atoms with Crippen LogP contribution >= 0.6 is 0 Å². The summed E-state index contributed by atoms with van der Waals surface area (Å²) in [5.74, 6) is -1.13. The van der Waals surface area contributed by atoms with Crippen LogP contribution in [0, 0.1) is 5.82 Å². The number of hydrogen-bond acceptors (Lipinski definition) is 3. The Bertz CT molecular complexity index is 846. The summed E-state index contributed by atoms with van der Waals surface area (Å²) in [6, 6.07) is 12.1. The third-order valence-electron chi connectivity index (χ3n) is 6.07. The third kappa shape index (κ3) is 2.95. The summed E-state index contributed by atoms with van der Waals surface area (Å²) < 4.78 is 14.5. The molecule has 1 fully saturated rings. The van der Waals surface area contributed by atoms with E-state index in [-0.39, 0.29) is 5.91 Å². The minimum atomic E-state index is -1.09. The van der Waals surface area contributed by atoms with E-state index in [4.69, 9.17) is 0 Å². The van der Waals surface area contributed by atoms with Crippen LogP contribution in [-0.2, 0) is 10.2 Å². The first-order chi connectivity index (χ1) is 13.1. The van der Waals surface area contributed by atoms with Crippen LogP contribution in [0.5, 0.6) is 0 Å². The van der Waals surface area contributed by atoms with Crippen LogP contribution in [0.2, 0.25) is 0 Å². The molecular weight excluding hydrogens is 345 g/mol. The molecule has 5 heteroatoms. The number of hydrogen-bond donors (Lipinski definition) is 3. The molecule has 1 aliphatic heterocycles. The Balaban J connectivity index is 1.94. The average Bonchev–Trinajstić information content (AvgIpc) is 2.94. The van der Waals surface area contributed by atoms with Gasteiger partial charge in [0.05, 0.1) is 18.1 Å². The van der Waals surface area contributed by atoms with Gasteiger partial charge in [0.15, 0.2) is 0 Å². The number of halogens is 1. The van der Waals surface area contributed by atoms with Crippen LogP contribution in [0.15, 0.2) is 42.5 Å². The summed E-state index contributed by atoms with van der Waals surface area (Å²) in [5, 5.41) is 23.2. The van der Waals surface area contributed by atoms with E-state index in [1.165, 1.54) is 12.1 Å². The maximum absolute atomic E-state index is 14.5. The smallest absolute Gasteiger partial charge is 0.235 e. The molecule has 0 radical (unpaired) electrons. The lowest BCUT2D eigenvalue weighted by atomic mass is 9.67. The molecule has 0 unspecified atom stereocenters. The van der Waals surface area contributed by atoms with Gasteiger partial charge in [-0.25, -0.2) is 4.39 Å². The van der Waals surface area contributed by atoms with E-state index in [9.17, 15) is 19.4 Å². The summed E-state index contributed by atoms with van der Waals surface area (Å²) in [5.41, 5.74) is 2.02. The Morgan fingerprint density at radius 2 is 1.81 bits per heavy atom. The highest BCUT2D eigenvalue weighted by Gasteiger charge is 2.49. The summed E-state index contributed by atoms with van der Waals surface area (Å²) in [6.07, 6.45) is 3.34. The maximum Gasteiger partial charge on any atom is 0.235 e. The first-order valence-electron chi connectivity index (χ1n) is 9.56. The van der Waals surface area contributed by atoms with E-state index in [1.807, 2.05) is 30.3 Å². The van der Waals surface area contributed by atoms with E-state index in [0.29, 0.717) is 11.3 Å². The quantitative estimate of drug-likeness (QED) is 0.773. The van der Waals surface area contributed by atoms with E-state index < -0.39 is 29.9 Å². The van der Waals surface area contributed by atoms with Crippen molar-refractivity contribution in [1.29, 1.82) is 0 Å². The van der Waals surface area contributed by atoms with E-state index >= 15 is 0 Å². The van der Waals surface area contributed by atoms with Crippen LogP contribution in [0.4, 0.5) is 10.1 Å². The van der Waals surface area contributed by atoms with Gasteiger partial charge in [0.1, 0.15) is 5.82 Å². The number of benzene rings is 2. The zero-order valence-corrected chi connectivity index (χ0v) is 15.1. The lowest BCUT2D eigenvalue weighted by Crippen LogP contribution is -2.38. The van der Waals surface area contributed by atoms with Gasteiger partial charge < -0.3 is 15.5 Å². The highest BCUT2D eigenvalue weighted by Crippen LogP contribution is 2.51. The van der Waals surface area contributed by atoms with Crippen molar-refractivity contribution in [2.24, 2.45) is 0 Å². The summed E-state index contributed by atoms with van der Waals surface area (Å²) in [4.78, 5) is 12.9. The Labute approximate surface area is 158 Å². The van der Waals surface area contributed by atoms with Crippen LogP contribution < -0.4 is 5.32 Å². The molecular formula is C22H24FNO3. The Morgan fingerprint density at radius 1 is 1.11 bits per heavy atom. The molecule has 0 aromatic heterocycles. The van der Waals surface area contributed by atoms with Gasteiger partial charge in [-0.05, 0) is 41.7 Å². The lowest BCUT2D eigenvalue weighted by molar-refractivity contribution is -0.121. The van der Waals surface area contributed by atoms with Crippen molar-refractivity contribution in [2.45, 2.75) is 49.5 Å². The number of nitrogens with one attached hydrogen (secondary N) is 1. The van der Waals surface area contributed by atoms with Crippen LogP contribution in [0.3, 0.4) is 0 Å². The van der Waals surface area contributed by atoms with Crippen LogP contribution in [0.1, 0.15) is 54.7 Å². The highest BCUT2D eigenvalue weighted by molar-refractivity contribution is 6.07. The molecule has 0 bridgehead atoms. The fourth-order valence-corrected chi connectivity index (χ4v) is 4.87. The molecule has 1 heterocycles. The first-order valence-corrected chi connectivity index (χ1v) is 9.56. The Kier molecular flexibility index (Phi) is 4.74. The van der Waals surface area contributed by atoms with Gasteiger partial charge in [-0.3, -0.25) is 4.79 Å². The van der Waals surface area contributed by atoms with Crippen molar-refractivity contribution in [2.75, 3.05) is 11.9 Å². The molecule has 4 rings (SSSR count). The summed E-state index contributed by atoms with van der Waals surface area (Å²) in [7, 11) is 0. The molecule has 1 aliphatic carbocycles. The molecule has 2 atom stereocenters. The molecule has 3 N–H and O–H groups in total. The van der Waals surface area contributed by atoms with Gasteiger partial charge in [0, 0.05) is 11.6 Å². The molecule has 1 amide bonds. The van der Waals surface area contributed by atoms with Gasteiger partial charge in [-0.1, -0.05) is 49.6 Å². The van der Waals surface area contributed by atoms with Crippen LogP contribution in [-0.4, -0.2) is 28.8 Å². The molecule has 1 spiro atoms. The molecule has 2 aromatic rings. The average molecular weight is 369 g/mol. The second-order valence-electron chi connectivity index (χ2n) is 7.65. The standard InChI is InChI=1S/C22H24FNO3/c23-15-11-16(19(18(26)13-25)14-7-3-1-4-8-14)20-17(12-15)24-21(27)22(20)9-5-2-6-10-22/h1,3-4,7-8,11-12,18-19,25-26H,2,5-6,9-10,13H2,(H,24,27)/t18-,19+/m1/s1. The number of aliphatic hydroxyl groups is 2. The minimum Gasteiger partial charge on any atom is -0.394 e. The molecule has 4 nitrogen and oxygen atoms in total. The van der Waals surface area contributed by atoms with Crippen LogP contribution in [0.25, 0.3) is 0 Å². The van der Waals surface area contributed by atoms with Crippen molar-refractivity contribution in [1.82, 2.24) is 0 Å². The number of fused-ring (bicyclic) bond motifs is 2. The second kappa shape index (κ2) is 7.06. The Hall–Kier alpha value is -2.24. The molecule has 27 heavy (non-hydrogen) atoms. The lowest BCUT2D eigenvalue weighted by Gasteiger charge is -2.35. The number of anilines is 1. The van der Waals surface area contributed by atoms with Crippen molar-refractivity contribution in [3.63, 3.8) is 0 Å². The van der Waals surface area contributed by atoms with E-state index in [2.05, 4.69) is 5.32 Å². The van der Waals surface area contributed by atoms with Gasteiger partial charge in [0.2, 0.25) is 5.91 Å². The topological polar surface area (TPSA) is 69.6 Å². The van der Waals surface area contributed by atoms with Crippen molar-refractivity contribution < 1.29 is 19.4 Å². The van der Waals surface area contributed by atoms with E-state index in [1.54, 1.807) is 0 Å². The number of carbonyl (C=O) groups is 1. The second-order valence-corrected chi connectivity index (χ2v) is 7.65. The zero-order chi connectivity index (χ0) is 19.0. The van der Waals surface area contributed by atoms with Crippen molar-refractivity contribution in [3.05, 3.63) is 65.0 Å². The van der Waals surface area contributed by atoms with E-state index in [0.717, 1.165) is 43.2 Å². The van der Waals surface area contributed by atoms with Crippen molar-refractivity contribution in [3.8, 4) is 0 Å². The fraction of sp³-hybridized carbons (Fsp3) is 0.409. The number of rotatable bonds is 4. The first kappa shape index (κ1) is 18.1. The predicted molar refractivity (Wildman–Crippen MR) is 101 cm³/mol. The predicted octanol–water partition coefficient (Wildman–Crippen LogP) is 3.46. The van der Waals surface area contributed by atoms with Gasteiger partial charge in [-0.2, -0.15) is 0 Å². The maximum atomic E-state index is 14.5. The number of amides is 1. The zero-order valence-electron chi connectivity index (χ0n) is 15.1. The Morgan fingerprint density at radius 3 is 2.48 bits per heavy atom. The monoisotopic (exact) mass is 369 g/mol. The largest absolute Gasteiger partial charge is 0.394 e. The SMILES string of the molecule is O=C1Nc2cc(F)cc([C@H](c3ccccc3)[C@H](O)CO)c2C12CCCCC2. The summed E-state index contributed by atoms with van der Waals surface area (Å²) >= 11 is 0. The third-order valence-corrected chi connectivity index (χ3v) is 6.07. The number of carbonyl (C=O) groups excluding carboxylic acids is 1. The molecule has 2 aromatic carbocycles. The fourth-order valence-electron chi connectivity index (χ4n) is 4.87. The van der Waals surface area contributed by atoms with Gasteiger partial charge >= 0.3 is 0 Å². The normalized spacial score (nSPS) is 20.2. The molecule has 1 saturated carbocycles. The minimum absolute atomic E-state index is 0.0747. The molecule has 142 valence electrons. The molecule has 0 saturated heterocycles. The van der Waals surface area contributed by atoms with Gasteiger partial charge in [-0.15, -0.1) is 0 Å². The van der Waals surface area contributed by atoms with Gasteiger partial charge in [0.25, 0.3) is 0 Å². The summed E-state index contributed by atoms with van der Waals surface area (Å²) in [6.45, 7) is -0.445. The number of aliphatic hydroxyl groups excluding tert-OH is 2. The van der Waals surface area contributed by atoms with Crippen molar-refractivity contribution >= 4 is 11.6 Å². The molecule has 2 aliphatic rings.